The van der Waals surface area contributed by atoms with E-state index in [2.05, 4.69) is 10.2 Å². The molecule has 1 saturated carbocycles. The predicted molar refractivity (Wildman–Crippen MR) is 77.2 cm³/mol. The molecule has 0 aromatic heterocycles. The van der Waals surface area contributed by atoms with Crippen molar-refractivity contribution in [1.82, 2.24) is 10.2 Å². The van der Waals surface area contributed by atoms with Crippen LogP contribution in [0.25, 0.3) is 0 Å². The first-order valence-electron chi connectivity index (χ1n) is 7.59. The van der Waals surface area contributed by atoms with Crippen molar-refractivity contribution in [2.45, 2.75) is 38.0 Å². The Morgan fingerprint density at radius 2 is 2.14 bits per heavy atom. The number of nitrogens with zero attached hydrogens (tertiary/aromatic N) is 1. The van der Waals surface area contributed by atoms with E-state index >= 15 is 0 Å². The minimum atomic E-state index is -0.259. The van der Waals surface area contributed by atoms with Gasteiger partial charge >= 0.3 is 0 Å². The summed E-state index contributed by atoms with van der Waals surface area (Å²) < 4.78 is 18.6. The van der Waals surface area contributed by atoms with Gasteiger partial charge in [-0.15, -0.1) is 0 Å². The molecule has 114 valence electrons. The molecular formula is C16H21FN2O2. The molecule has 2 fully saturated rings. The van der Waals surface area contributed by atoms with Crippen molar-refractivity contribution in [3.8, 4) is 0 Å². The standard InChI is InChI=1S/C16H21FN2O2/c17-13-6-4-12(5-7-13)10-18-16(20)11-19-8-9-21-15-3-1-2-14(15)19/h4-7,14-15H,1-3,8-11H2,(H,18,20)/t14-,15+/m1/s1. The largest absolute Gasteiger partial charge is 0.375 e. The molecule has 0 unspecified atom stereocenters. The molecule has 2 atom stereocenters. The van der Waals surface area contributed by atoms with Crippen molar-refractivity contribution in [1.29, 1.82) is 0 Å². The molecule has 0 radical (unpaired) electrons. The van der Waals surface area contributed by atoms with Gasteiger partial charge in [0.2, 0.25) is 5.91 Å². The van der Waals surface area contributed by atoms with E-state index < -0.39 is 0 Å². The van der Waals surface area contributed by atoms with E-state index in [-0.39, 0.29) is 11.7 Å². The van der Waals surface area contributed by atoms with Crippen molar-refractivity contribution in [2.75, 3.05) is 19.7 Å². The minimum absolute atomic E-state index is 0.0203. The van der Waals surface area contributed by atoms with Gasteiger partial charge in [-0.05, 0) is 37.0 Å². The first kappa shape index (κ1) is 14.5. The van der Waals surface area contributed by atoms with E-state index in [9.17, 15) is 9.18 Å². The maximum absolute atomic E-state index is 12.8. The molecule has 1 amide bonds. The summed E-state index contributed by atoms with van der Waals surface area (Å²) in [4.78, 5) is 14.3. The lowest BCUT2D eigenvalue weighted by Crippen LogP contribution is -2.51. The second-order valence-corrected chi connectivity index (χ2v) is 5.78. The molecular weight excluding hydrogens is 271 g/mol. The second kappa shape index (κ2) is 6.54. The number of morpholine rings is 1. The van der Waals surface area contributed by atoms with Crippen molar-refractivity contribution in [3.05, 3.63) is 35.6 Å². The number of hydrogen-bond acceptors (Lipinski definition) is 3. The highest BCUT2D eigenvalue weighted by Crippen LogP contribution is 2.29. The minimum Gasteiger partial charge on any atom is -0.375 e. The highest BCUT2D eigenvalue weighted by molar-refractivity contribution is 5.78. The molecule has 3 rings (SSSR count). The number of nitrogens with one attached hydrogen (secondary N) is 1. The van der Waals surface area contributed by atoms with E-state index in [1.807, 2.05) is 0 Å². The fourth-order valence-electron chi connectivity index (χ4n) is 3.25. The van der Waals surface area contributed by atoms with Gasteiger partial charge in [0, 0.05) is 19.1 Å². The van der Waals surface area contributed by atoms with Crippen LogP contribution in [0.1, 0.15) is 24.8 Å². The number of amides is 1. The van der Waals surface area contributed by atoms with Crippen LogP contribution in [-0.2, 0) is 16.1 Å². The Bertz CT molecular complexity index is 492. The van der Waals surface area contributed by atoms with Crippen LogP contribution < -0.4 is 5.32 Å². The molecule has 1 N–H and O–H groups in total. The summed E-state index contributed by atoms with van der Waals surface area (Å²) >= 11 is 0. The van der Waals surface area contributed by atoms with Gasteiger partial charge in [-0.25, -0.2) is 4.39 Å². The summed E-state index contributed by atoms with van der Waals surface area (Å²) in [6, 6.07) is 6.60. The summed E-state index contributed by atoms with van der Waals surface area (Å²) in [6.07, 6.45) is 3.72. The lowest BCUT2D eigenvalue weighted by atomic mass is 10.1. The lowest BCUT2D eigenvalue weighted by Gasteiger charge is -2.37. The molecule has 2 aliphatic rings. The first-order chi connectivity index (χ1) is 10.2. The van der Waals surface area contributed by atoms with E-state index in [0.29, 0.717) is 31.8 Å². The number of hydrogen-bond donors (Lipinski definition) is 1. The van der Waals surface area contributed by atoms with Crippen LogP contribution in [0.15, 0.2) is 24.3 Å². The van der Waals surface area contributed by atoms with Crippen LogP contribution >= 0.6 is 0 Å². The van der Waals surface area contributed by atoms with Crippen LogP contribution in [0, 0.1) is 5.82 Å². The van der Waals surface area contributed by atoms with E-state index in [0.717, 1.165) is 24.9 Å². The Kier molecular flexibility index (Phi) is 4.51. The normalized spacial score (nSPS) is 25.6. The van der Waals surface area contributed by atoms with Crippen LogP contribution in [0.4, 0.5) is 4.39 Å². The van der Waals surface area contributed by atoms with Gasteiger partial charge in [-0.3, -0.25) is 9.69 Å². The van der Waals surface area contributed by atoms with Gasteiger partial charge in [-0.1, -0.05) is 12.1 Å². The van der Waals surface area contributed by atoms with Gasteiger partial charge in [0.05, 0.1) is 19.3 Å². The average molecular weight is 292 g/mol. The first-order valence-corrected chi connectivity index (χ1v) is 7.59. The van der Waals surface area contributed by atoms with Gasteiger partial charge in [0.1, 0.15) is 5.82 Å². The smallest absolute Gasteiger partial charge is 0.234 e. The third kappa shape index (κ3) is 3.60. The number of rotatable bonds is 4. The summed E-state index contributed by atoms with van der Waals surface area (Å²) in [6.45, 7) is 2.40. The van der Waals surface area contributed by atoms with Crippen LogP contribution in [0.5, 0.6) is 0 Å². The van der Waals surface area contributed by atoms with E-state index in [1.54, 1.807) is 12.1 Å². The number of ether oxygens (including phenoxy) is 1. The number of benzene rings is 1. The van der Waals surface area contributed by atoms with Crippen LogP contribution in [-0.4, -0.2) is 42.6 Å². The highest BCUT2D eigenvalue weighted by Gasteiger charge is 2.36. The molecule has 21 heavy (non-hydrogen) atoms. The van der Waals surface area contributed by atoms with Gasteiger partial charge in [0.15, 0.2) is 0 Å². The maximum atomic E-state index is 12.8. The Hall–Kier alpha value is -1.46. The molecule has 5 heteroatoms. The summed E-state index contributed by atoms with van der Waals surface area (Å²) in [5, 5.41) is 2.90. The molecule has 1 aromatic carbocycles. The Morgan fingerprint density at radius 3 is 2.95 bits per heavy atom. The molecule has 1 heterocycles. The van der Waals surface area contributed by atoms with Crippen molar-refractivity contribution in [2.24, 2.45) is 0 Å². The fraction of sp³-hybridized carbons (Fsp3) is 0.562. The van der Waals surface area contributed by atoms with Crippen molar-refractivity contribution in [3.63, 3.8) is 0 Å². The van der Waals surface area contributed by atoms with Crippen molar-refractivity contribution >= 4 is 5.91 Å². The quantitative estimate of drug-likeness (QED) is 0.918. The van der Waals surface area contributed by atoms with Crippen LogP contribution in [0.3, 0.4) is 0 Å². The molecule has 1 saturated heterocycles. The SMILES string of the molecule is O=C(CN1CCO[C@H]2CCC[C@H]21)NCc1ccc(F)cc1. The topological polar surface area (TPSA) is 41.6 Å². The Balaban J connectivity index is 1.48. The average Bonchev–Trinajstić information content (AvgIpc) is 2.96. The number of carbonyl (C=O) groups is 1. The van der Waals surface area contributed by atoms with Gasteiger partial charge in [-0.2, -0.15) is 0 Å². The lowest BCUT2D eigenvalue weighted by molar-refractivity contribution is -0.126. The zero-order chi connectivity index (χ0) is 14.7. The summed E-state index contributed by atoms with van der Waals surface area (Å²) in [5.74, 6) is -0.238. The summed E-state index contributed by atoms with van der Waals surface area (Å²) in [7, 11) is 0. The van der Waals surface area contributed by atoms with Gasteiger partial charge in [0.25, 0.3) is 0 Å². The number of carbonyl (C=O) groups excluding carboxylic acids is 1. The van der Waals surface area contributed by atoms with E-state index in [4.69, 9.17) is 4.74 Å². The summed E-state index contributed by atoms with van der Waals surface area (Å²) in [5.41, 5.74) is 0.908. The van der Waals surface area contributed by atoms with Crippen LogP contribution in [0.2, 0.25) is 0 Å². The molecule has 0 spiro atoms. The third-order valence-electron chi connectivity index (χ3n) is 4.35. The molecule has 1 aliphatic heterocycles. The Morgan fingerprint density at radius 1 is 1.33 bits per heavy atom. The molecule has 4 nitrogen and oxygen atoms in total. The van der Waals surface area contributed by atoms with Crippen molar-refractivity contribution < 1.29 is 13.9 Å². The second-order valence-electron chi connectivity index (χ2n) is 5.78. The highest BCUT2D eigenvalue weighted by atomic mass is 19.1. The zero-order valence-electron chi connectivity index (χ0n) is 12.1. The molecule has 1 aromatic rings. The maximum Gasteiger partial charge on any atom is 0.234 e. The van der Waals surface area contributed by atoms with E-state index in [1.165, 1.54) is 18.6 Å². The fourth-order valence-corrected chi connectivity index (χ4v) is 3.25. The third-order valence-corrected chi connectivity index (χ3v) is 4.35. The van der Waals surface area contributed by atoms with Gasteiger partial charge < -0.3 is 10.1 Å². The zero-order valence-corrected chi connectivity index (χ0v) is 12.1. The predicted octanol–water partition coefficient (Wildman–Crippen LogP) is 1.70. The number of halogens is 1. The number of fused-ring (bicyclic) bond motifs is 1. The molecule has 1 aliphatic carbocycles. The monoisotopic (exact) mass is 292 g/mol. The Labute approximate surface area is 124 Å². The molecule has 0 bridgehead atoms.